The van der Waals surface area contributed by atoms with E-state index in [1.807, 2.05) is 49.4 Å². The van der Waals surface area contributed by atoms with Gasteiger partial charge in [0.1, 0.15) is 12.1 Å². The molecule has 0 bridgehead atoms. The van der Waals surface area contributed by atoms with Crippen LogP contribution in [0.5, 0.6) is 0 Å². The molecule has 0 amide bonds. The van der Waals surface area contributed by atoms with Gasteiger partial charge in [0.25, 0.3) is 0 Å². The predicted octanol–water partition coefficient (Wildman–Crippen LogP) is 2.71. The number of anilines is 1. The van der Waals surface area contributed by atoms with Crippen LogP contribution in [0.2, 0.25) is 0 Å². The van der Waals surface area contributed by atoms with E-state index >= 15 is 0 Å². The number of aromatic nitrogens is 2. The molecule has 0 spiro atoms. The Morgan fingerprint density at radius 1 is 0.962 bits per heavy atom. The van der Waals surface area contributed by atoms with Crippen molar-refractivity contribution in [3.05, 3.63) is 60.4 Å². The predicted molar refractivity (Wildman–Crippen MR) is 106 cm³/mol. The maximum absolute atomic E-state index is 6.26. The molecular formula is C20H22N6. The lowest BCUT2D eigenvalue weighted by atomic mass is 10.2. The average molecular weight is 346 g/mol. The Bertz CT molecular complexity index is 938. The van der Waals surface area contributed by atoms with Crippen LogP contribution in [-0.4, -0.2) is 47.0 Å². The second-order valence-corrected chi connectivity index (χ2v) is 6.45. The molecule has 6 heteroatoms. The van der Waals surface area contributed by atoms with Crippen LogP contribution in [0, 0.1) is 6.92 Å². The number of aryl methyl sites for hydroxylation is 1. The van der Waals surface area contributed by atoms with Crippen molar-refractivity contribution in [2.24, 2.45) is 10.7 Å². The number of hydrogen-bond donors (Lipinski definition) is 1. The monoisotopic (exact) mass is 346 g/mol. The Morgan fingerprint density at radius 3 is 2.50 bits per heavy atom. The fourth-order valence-electron chi connectivity index (χ4n) is 3.27. The first-order valence-corrected chi connectivity index (χ1v) is 8.82. The fraction of sp³-hybridized carbons (Fsp3) is 0.250. The van der Waals surface area contributed by atoms with Crippen LogP contribution < -0.4 is 10.6 Å². The van der Waals surface area contributed by atoms with Crippen molar-refractivity contribution in [1.82, 2.24) is 14.9 Å². The van der Waals surface area contributed by atoms with Gasteiger partial charge in [-0.3, -0.25) is 0 Å². The van der Waals surface area contributed by atoms with Gasteiger partial charge in [-0.25, -0.2) is 15.0 Å². The summed E-state index contributed by atoms with van der Waals surface area (Å²) in [7, 11) is 0. The van der Waals surface area contributed by atoms with E-state index in [4.69, 9.17) is 5.73 Å². The zero-order chi connectivity index (χ0) is 17.9. The number of guanidine groups is 1. The number of hydrogen-bond acceptors (Lipinski definition) is 4. The standard InChI is InChI=1S/C20H22N6/c1-15-6-2-4-8-17(15)24-20(21)26-12-10-25(11-13-26)19-16-7-3-5-9-18(16)22-14-23-19/h2-9,14H,10-13H2,1H3,(H2,21,24). The third-order valence-electron chi connectivity index (χ3n) is 4.78. The molecule has 3 aromatic rings. The average Bonchev–Trinajstić information content (AvgIpc) is 2.69. The summed E-state index contributed by atoms with van der Waals surface area (Å²) in [5, 5.41) is 1.09. The quantitative estimate of drug-likeness (QED) is 0.571. The molecule has 2 aromatic carbocycles. The maximum Gasteiger partial charge on any atom is 0.196 e. The molecular weight excluding hydrogens is 324 g/mol. The van der Waals surface area contributed by atoms with Crippen LogP contribution in [0.3, 0.4) is 0 Å². The summed E-state index contributed by atoms with van der Waals surface area (Å²) in [5.74, 6) is 1.57. The Kier molecular flexibility index (Phi) is 4.39. The van der Waals surface area contributed by atoms with Crippen LogP contribution in [0.15, 0.2) is 59.9 Å². The van der Waals surface area contributed by atoms with E-state index in [1.165, 1.54) is 0 Å². The van der Waals surface area contributed by atoms with Crippen molar-refractivity contribution in [2.75, 3.05) is 31.1 Å². The van der Waals surface area contributed by atoms with E-state index in [0.29, 0.717) is 5.96 Å². The lowest BCUT2D eigenvalue weighted by molar-refractivity contribution is 0.381. The first-order chi connectivity index (χ1) is 12.7. The summed E-state index contributed by atoms with van der Waals surface area (Å²) in [5.41, 5.74) is 9.28. The van der Waals surface area contributed by atoms with Gasteiger partial charge in [0, 0.05) is 31.6 Å². The van der Waals surface area contributed by atoms with E-state index in [2.05, 4.69) is 30.8 Å². The second kappa shape index (κ2) is 7.00. The lowest BCUT2D eigenvalue weighted by Crippen LogP contribution is -2.51. The zero-order valence-electron chi connectivity index (χ0n) is 14.8. The number of nitrogens with zero attached hydrogens (tertiary/aromatic N) is 5. The first kappa shape index (κ1) is 16.3. The SMILES string of the molecule is Cc1ccccc1N=C(N)N1CCN(c2ncnc3ccccc23)CC1. The minimum atomic E-state index is 0.575. The molecule has 132 valence electrons. The fourth-order valence-corrected chi connectivity index (χ4v) is 3.27. The largest absolute Gasteiger partial charge is 0.369 e. The number of aliphatic imine (C=N–C) groups is 1. The van der Waals surface area contributed by atoms with Crippen molar-refractivity contribution < 1.29 is 0 Å². The van der Waals surface area contributed by atoms with Crippen LogP contribution in [0.1, 0.15) is 5.56 Å². The molecule has 2 N–H and O–H groups in total. The van der Waals surface area contributed by atoms with Gasteiger partial charge in [-0.2, -0.15) is 0 Å². The number of nitrogens with two attached hydrogens (primary N) is 1. The molecule has 26 heavy (non-hydrogen) atoms. The third-order valence-corrected chi connectivity index (χ3v) is 4.78. The van der Waals surface area contributed by atoms with Crippen LogP contribution in [-0.2, 0) is 0 Å². The Hall–Kier alpha value is -3.15. The zero-order valence-corrected chi connectivity index (χ0v) is 14.8. The Labute approximate surface area is 153 Å². The van der Waals surface area contributed by atoms with E-state index in [1.54, 1.807) is 6.33 Å². The molecule has 6 nitrogen and oxygen atoms in total. The topological polar surface area (TPSA) is 70.6 Å². The molecule has 1 saturated heterocycles. The Morgan fingerprint density at radius 2 is 1.69 bits per heavy atom. The molecule has 0 unspecified atom stereocenters. The summed E-state index contributed by atoms with van der Waals surface area (Å²) in [4.78, 5) is 17.9. The van der Waals surface area contributed by atoms with Gasteiger partial charge in [0.05, 0.1) is 11.2 Å². The van der Waals surface area contributed by atoms with Crippen molar-refractivity contribution in [3.8, 4) is 0 Å². The minimum Gasteiger partial charge on any atom is -0.369 e. The minimum absolute atomic E-state index is 0.575. The van der Waals surface area contributed by atoms with Crippen molar-refractivity contribution in [1.29, 1.82) is 0 Å². The summed E-state index contributed by atoms with van der Waals surface area (Å²) in [6, 6.07) is 16.1. The van der Waals surface area contributed by atoms with Crippen LogP contribution in [0.25, 0.3) is 10.9 Å². The normalized spacial score (nSPS) is 15.5. The molecule has 4 rings (SSSR count). The highest BCUT2D eigenvalue weighted by Crippen LogP contribution is 2.24. The molecule has 0 radical (unpaired) electrons. The molecule has 0 atom stereocenters. The maximum atomic E-state index is 6.26. The number of fused-ring (bicyclic) bond motifs is 1. The van der Waals surface area contributed by atoms with Crippen molar-refractivity contribution in [2.45, 2.75) is 6.92 Å². The number of rotatable bonds is 2. The number of piperazine rings is 1. The van der Waals surface area contributed by atoms with Gasteiger partial charge in [0.15, 0.2) is 5.96 Å². The lowest BCUT2D eigenvalue weighted by Gasteiger charge is -2.36. The highest BCUT2D eigenvalue weighted by atomic mass is 15.3. The van der Waals surface area contributed by atoms with Crippen molar-refractivity contribution >= 4 is 28.4 Å². The van der Waals surface area contributed by atoms with E-state index < -0.39 is 0 Å². The summed E-state index contributed by atoms with van der Waals surface area (Å²) < 4.78 is 0. The second-order valence-electron chi connectivity index (χ2n) is 6.45. The van der Waals surface area contributed by atoms with E-state index in [-0.39, 0.29) is 0 Å². The van der Waals surface area contributed by atoms with Gasteiger partial charge in [-0.15, -0.1) is 0 Å². The van der Waals surface area contributed by atoms with Gasteiger partial charge < -0.3 is 15.5 Å². The number of benzene rings is 2. The van der Waals surface area contributed by atoms with E-state index in [0.717, 1.165) is 54.2 Å². The van der Waals surface area contributed by atoms with Gasteiger partial charge >= 0.3 is 0 Å². The third kappa shape index (κ3) is 3.18. The Balaban J connectivity index is 1.50. The highest BCUT2D eigenvalue weighted by molar-refractivity contribution is 5.89. The molecule has 0 aliphatic carbocycles. The number of para-hydroxylation sites is 2. The molecule has 1 fully saturated rings. The molecule has 1 aliphatic rings. The summed E-state index contributed by atoms with van der Waals surface area (Å²) in [6.07, 6.45) is 1.64. The smallest absolute Gasteiger partial charge is 0.196 e. The highest BCUT2D eigenvalue weighted by Gasteiger charge is 2.21. The first-order valence-electron chi connectivity index (χ1n) is 8.82. The molecule has 1 aromatic heterocycles. The molecule has 2 heterocycles. The van der Waals surface area contributed by atoms with Gasteiger partial charge in [-0.1, -0.05) is 30.3 Å². The van der Waals surface area contributed by atoms with Crippen LogP contribution >= 0.6 is 0 Å². The summed E-state index contributed by atoms with van der Waals surface area (Å²) >= 11 is 0. The summed E-state index contributed by atoms with van der Waals surface area (Å²) in [6.45, 7) is 5.39. The van der Waals surface area contributed by atoms with Gasteiger partial charge in [0.2, 0.25) is 0 Å². The molecule has 1 aliphatic heterocycles. The van der Waals surface area contributed by atoms with Crippen molar-refractivity contribution in [3.63, 3.8) is 0 Å². The molecule has 0 saturated carbocycles. The van der Waals surface area contributed by atoms with Gasteiger partial charge in [-0.05, 0) is 30.7 Å². The van der Waals surface area contributed by atoms with Crippen LogP contribution in [0.4, 0.5) is 11.5 Å². The van der Waals surface area contributed by atoms with E-state index in [9.17, 15) is 0 Å².